The van der Waals surface area contributed by atoms with Crippen LogP contribution in [0.3, 0.4) is 0 Å². The molecule has 0 spiro atoms. The van der Waals surface area contributed by atoms with E-state index in [-0.39, 0.29) is 11.6 Å². The van der Waals surface area contributed by atoms with Gasteiger partial charge in [-0.25, -0.2) is 0 Å². The zero-order chi connectivity index (χ0) is 17.8. The summed E-state index contributed by atoms with van der Waals surface area (Å²) in [6.07, 6.45) is 6.39. The molecule has 2 rings (SSSR count). The maximum absolute atomic E-state index is 11.1. The zero-order valence-electron chi connectivity index (χ0n) is 11.8. The van der Waals surface area contributed by atoms with Crippen LogP contribution in [0, 0.1) is 0 Å². The maximum atomic E-state index is 11.1. The molecule has 0 radical (unpaired) electrons. The molecule has 0 fully saturated rings. The van der Waals surface area contributed by atoms with Crippen LogP contribution in [-0.4, -0.2) is 26.9 Å². The molecule has 0 saturated carbocycles. The van der Waals surface area contributed by atoms with Crippen molar-refractivity contribution in [2.75, 3.05) is 5.33 Å². The summed E-state index contributed by atoms with van der Waals surface area (Å²) in [5, 5.41) is 0.338. The average Bonchev–Trinajstić information content (AvgIpc) is 2.56. The van der Waals surface area contributed by atoms with Crippen molar-refractivity contribution in [2.24, 2.45) is 0 Å². The summed E-state index contributed by atoms with van der Waals surface area (Å²) in [4.78, 5) is 29.5. The first-order valence-electron chi connectivity index (χ1n) is 5.89. The van der Waals surface area contributed by atoms with Crippen molar-refractivity contribution in [1.82, 2.24) is 9.97 Å². The van der Waals surface area contributed by atoms with Crippen molar-refractivity contribution >= 4 is 87.6 Å². The molecule has 0 N–H and O–H groups in total. The van der Waals surface area contributed by atoms with Crippen molar-refractivity contribution in [3.63, 3.8) is 0 Å². The largest absolute Gasteiger partial charge is 0.294 e. The van der Waals surface area contributed by atoms with Gasteiger partial charge in [-0.1, -0.05) is 15.9 Å². The van der Waals surface area contributed by atoms with Crippen molar-refractivity contribution in [2.45, 2.75) is 6.92 Å². The highest BCUT2D eigenvalue weighted by Crippen LogP contribution is 2.10. The lowest BCUT2D eigenvalue weighted by atomic mass is 10.2. The molecule has 9 heteroatoms. The number of rotatable bonds is 3. The Labute approximate surface area is 175 Å². The second-order valence-electron chi connectivity index (χ2n) is 3.90. The fourth-order valence-electron chi connectivity index (χ4n) is 1.25. The van der Waals surface area contributed by atoms with Crippen LogP contribution in [0.2, 0.25) is 0 Å². The van der Waals surface area contributed by atoms with Crippen molar-refractivity contribution < 1.29 is 9.59 Å². The fraction of sp³-hybridized carbons (Fsp3) is 0.143. The van der Waals surface area contributed by atoms with Gasteiger partial charge in [-0.3, -0.25) is 19.6 Å². The molecule has 124 valence electrons. The molecule has 4 nitrogen and oxygen atoms in total. The first kappa shape index (κ1) is 23.0. The second kappa shape index (κ2) is 13.3. The third kappa shape index (κ3) is 9.81. The number of ketones is 2. The van der Waals surface area contributed by atoms with Crippen LogP contribution in [0.1, 0.15) is 27.6 Å². The quantitative estimate of drug-likeness (QED) is 0.299. The number of Topliss-reactive ketones (excluding diaryl/α,β-unsaturated/α-hetero) is 2. The Balaban J connectivity index is 0.000000381. The Kier molecular flexibility index (Phi) is 13.4. The Morgan fingerprint density at radius 2 is 1.35 bits per heavy atom. The molecule has 0 amide bonds. The van der Waals surface area contributed by atoms with Crippen LogP contribution in [0.4, 0.5) is 0 Å². The van der Waals surface area contributed by atoms with E-state index in [0.29, 0.717) is 16.5 Å². The molecule has 0 unspecified atom stereocenters. The lowest BCUT2D eigenvalue weighted by Crippen LogP contribution is -1.99. The smallest absolute Gasteiger partial charge is 0.174 e. The molecule has 0 atom stereocenters. The first-order valence-corrected chi connectivity index (χ1v) is 12.3. The van der Waals surface area contributed by atoms with Crippen LogP contribution in [-0.2, 0) is 0 Å². The Morgan fingerprint density at radius 3 is 1.70 bits per heavy atom. The van der Waals surface area contributed by atoms with Crippen LogP contribution in [0.5, 0.6) is 0 Å². The van der Waals surface area contributed by atoms with Crippen molar-refractivity contribution in [3.8, 4) is 0 Å². The third-order valence-corrected chi connectivity index (χ3v) is 3.64. The van der Waals surface area contributed by atoms with Crippen LogP contribution in [0.15, 0.2) is 45.9 Å². The molecule has 0 bridgehead atoms. The van der Waals surface area contributed by atoms with E-state index in [0.717, 1.165) is 8.95 Å². The highest BCUT2D eigenvalue weighted by molar-refractivity contribution is 9.93. The lowest BCUT2D eigenvalue weighted by molar-refractivity contribution is 0.101. The van der Waals surface area contributed by atoms with Gasteiger partial charge in [-0.2, -0.15) is 0 Å². The van der Waals surface area contributed by atoms with E-state index in [1.54, 1.807) is 36.9 Å². The minimum Gasteiger partial charge on any atom is -0.294 e. The number of carbonyl (C=O) groups excluding carboxylic acids is 2. The highest BCUT2D eigenvalue weighted by atomic mass is 80.9. The number of pyridine rings is 2. The number of alkyl halides is 1. The summed E-state index contributed by atoms with van der Waals surface area (Å²) >= 11 is 15.0. The number of nitrogens with zero attached hydrogens (tertiary/aromatic N) is 2. The molecule has 0 aliphatic carbocycles. The van der Waals surface area contributed by atoms with E-state index in [4.69, 9.17) is 0 Å². The number of hydrogen-bond donors (Lipinski definition) is 0. The van der Waals surface area contributed by atoms with Gasteiger partial charge in [0.05, 0.1) is 5.33 Å². The maximum Gasteiger partial charge on any atom is 0.174 e. The minimum atomic E-state index is 0.0359. The zero-order valence-corrected chi connectivity index (χ0v) is 19.7. The van der Waals surface area contributed by atoms with Gasteiger partial charge in [0.25, 0.3) is 0 Å². The third-order valence-electron chi connectivity index (χ3n) is 2.26. The SMILES string of the molecule is BrBr.CC(=O)c1cncc(Br)c1.O=C(CBr)c1cncc(Br)c1. The Morgan fingerprint density at radius 1 is 0.913 bits per heavy atom. The average molecular weight is 639 g/mol. The fourth-order valence-corrected chi connectivity index (χ4v) is 2.30. The molecular formula is C14H11Br5N2O2. The molecule has 0 aliphatic heterocycles. The van der Waals surface area contributed by atoms with Gasteiger partial charge < -0.3 is 0 Å². The normalized spacial score (nSPS) is 8.96. The number of aromatic nitrogens is 2. The van der Waals surface area contributed by atoms with Gasteiger partial charge >= 0.3 is 0 Å². The summed E-state index contributed by atoms with van der Waals surface area (Å²) in [6.45, 7) is 1.52. The topological polar surface area (TPSA) is 59.9 Å². The standard InChI is InChI=1S/C7H5Br2NO.C7H6BrNO.Br2/c8-2-7(11)5-1-6(9)4-10-3-5;1-5(10)6-2-7(8)4-9-3-6;1-2/h1,3-4H,2H2;2-4H,1H3;. The number of carbonyl (C=O) groups is 2. The van der Waals surface area contributed by atoms with Gasteiger partial charge in [0.2, 0.25) is 0 Å². The van der Waals surface area contributed by atoms with Gasteiger partial charge in [-0.15, -0.1) is 0 Å². The predicted molar refractivity (Wildman–Crippen MR) is 110 cm³/mol. The summed E-state index contributed by atoms with van der Waals surface area (Å²) in [5.41, 5.74) is 1.26. The highest BCUT2D eigenvalue weighted by Gasteiger charge is 2.03. The molecule has 0 saturated heterocycles. The summed E-state index contributed by atoms with van der Waals surface area (Å²) < 4.78 is 1.66. The Hall–Kier alpha value is 0.0400. The molecule has 0 aromatic carbocycles. The van der Waals surface area contributed by atoms with E-state index < -0.39 is 0 Å². The summed E-state index contributed by atoms with van der Waals surface area (Å²) in [6, 6.07) is 3.49. The minimum absolute atomic E-state index is 0.0359. The van der Waals surface area contributed by atoms with Crippen LogP contribution >= 0.6 is 76.0 Å². The van der Waals surface area contributed by atoms with E-state index in [1.807, 2.05) is 0 Å². The number of halogens is 5. The van der Waals surface area contributed by atoms with E-state index >= 15 is 0 Å². The molecule has 2 aromatic heterocycles. The van der Waals surface area contributed by atoms with E-state index in [9.17, 15) is 9.59 Å². The number of hydrogen-bond acceptors (Lipinski definition) is 4. The van der Waals surface area contributed by atoms with Gasteiger partial charge in [0.1, 0.15) is 0 Å². The molecule has 0 aliphatic rings. The van der Waals surface area contributed by atoms with Gasteiger partial charge in [0, 0.05) is 73.1 Å². The molecular weight excluding hydrogens is 628 g/mol. The van der Waals surface area contributed by atoms with Crippen molar-refractivity contribution in [3.05, 3.63) is 57.0 Å². The van der Waals surface area contributed by atoms with Gasteiger partial charge in [0.15, 0.2) is 11.6 Å². The molecule has 2 aromatic rings. The lowest BCUT2D eigenvalue weighted by Gasteiger charge is -1.95. The van der Waals surface area contributed by atoms with E-state index in [2.05, 4.69) is 86.0 Å². The van der Waals surface area contributed by atoms with Crippen molar-refractivity contribution in [1.29, 1.82) is 0 Å². The van der Waals surface area contributed by atoms with Crippen LogP contribution < -0.4 is 0 Å². The first-order chi connectivity index (χ1) is 10.9. The van der Waals surface area contributed by atoms with Crippen LogP contribution in [0.25, 0.3) is 0 Å². The summed E-state index contributed by atoms with van der Waals surface area (Å²) in [5.74, 6) is 0.0765. The van der Waals surface area contributed by atoms with Gasteiger partial charge in [-0.05, 0) is 50.9 Å². The van der Waals surface area contributed by atoms with E-state index in [1.165, 1.54) is 6.92 Å². The molecule has 23 heavy (non-hydrogen) atoms. The monoisotopic (exact) mass is 634 g/mol. The predicted octanol–water partition coefficient (Wildman–Crippen LogP) is 6.16. The summed E-state index contributed by atoms with van der Waals surface area (Å²) in [7, 11) is 0. The second-order valence-corrected chi connectivity index (χ2v) is 6.29. The molecule has 2 heterocycles. The Bertz CT molecular complexity index is 653.